The summed E-state index contributed by atoms with van der Waals surface area (Å²) in [6.07, 6.45) is 5.52. The third-order valence-electron chi connectivity index (χ3n) is 4.53. The van der Waals surface area contributed by atoms with Crippen molar-refractivity contribution in [1.82, 2.24) is 19.8 Å². The summed E-state index contributed by atoms with van der Waals surface area (Å²) < 4.78 is 5.43. The number of fused-ring (bicyclic) bond motifs is 1. The largest absolute Gasteiger partial charge is 0.381 e. The number of likely N-dealkylation sites (tertiary alicyclic amines) is 1. The Morgan fingerprint density at radius 3 is 2.80 bits per heavy atom. The van der Waals surface area contributed by atoms with E-state index in [0.717, 1.165) is 52.0 Å². The zero-order valence-electron chi connectivity index (χ0n) is 12.5. The molecule has 0 aromatic carbocycles. The van der Waals surface area contributed by atoms with Crippen LogP contribution in [0.2, 0.25) is 0 Å². The van der Waals surface area contributed by atoms with Gasteiger partial charge in [-0.3, -0.25) is 4.90 Å². The molecule has 0 spiro atoms. The van der Waals surface area contributed by atoms with Crippen molar-refractivity contribution in [2.45, 2.75) is 38.5 Å². The lowest BCUT2D eigenvalue weighted by molar-refractivity contribution is 0.0384. The molecule has 0 bridgehead atoms. The molecule has 1 aromatic rings. The molecule has 0 aliphatic carbocycles. The van der Waals surface area contributed by atoms with Crippen LogP contribution >= 0.6 is 0 Å². The lowest BCUT2D eigenvalue weighted by atomic mass is 10.0. The highest BCUT2D eigenvalue weighted by molar-refractivity contribution is 5.27. The normalized spacial score (nSPS) is 21.9. The summed E-state index contributed by atoms with van der Waals surface area (Å²) in [6, 6.07) is 0. The van der Waals surface area contributed by atoms with Gasteiger partial charge in [-0.15, -0.1) is 0 Å². The van der Waals surface area contributed by atoms with E-state index in [0.29, 0.717) is 6.10 Å². The molecular formula is C15H24N4O. The molecule has 0 atom stereocenters. The van der Waals surface area contributed by atoms with Crippen LogP contribution in [-0.2, 0) is 24.2 Å². The smallest absolute Gasteiger partial charge is 0.116 e. The van der Waals surface area contributed by atoms with Gasteiger partial charge in [-0.05, 0) is 31.9 Å². The van der Waals surface area contributed by atoms with Crippen molar-refractivity contribution < 1.29 is 4.74 Å². The van der Waals surface area contributed by atoms with Crippen molar-refractivity contribution in [3.8, 4) is 0 Å². The van der Waals surface area contributed by atoms with Crippen molar-refractivity contribution in [3.63, 3.8) is 0 Å². The third kappa shape index (κ3) is 3.00. The molecule has 0 unspecified atom stereocenters. The molecule has 1 aromatic heterocycles. The Morgan fingerprint density at radius 2 is 2.05 bits per heavy atom. The summed E-state index contributed by atoms with van der Waals surface area (Å²) in [5.41, 5.74) is 3.84. The average Bonchev–Trinajstić information content (AvgIpc) is 2.48. The maximum Gasteiger partial charge on any atom is 0.116 e. The zero-order valence-corrected chi connectivity index (χ0v) is 12.5. The minimum Gasteiger partial charge on any atom is -0.381 e. The first kappa shape index (κ1) is 13.9. The fraction of sp³-hybridized carbons (Fsp3) is 0.733. The lowest BCUT2D eigenvalue weighted by Gasteiger charge is -2.32. The predicted molar refractivity (Wildman–Crippen MR) is 77.4 cm³/mol. The molecule has 5 heteroatoms. The van der Waals surface area contributed by atoms with Gasteiger partial charge in [0.15, 0.2) is 0 Å². The second-order valence-electron chi connectivity index (χ2n) is 5.94. The highest BCUT2D eigenvalue weighted by Gasteiger charge is 2.22. The Labute approximate surface area is 121 Å². The predicted octanol–water partition coefficient (Wildman–Crippen LogP) is 1.08. The Kier molecular flexibility index (Phi) is 4.29. The summed E-state index contributed by atoms with van der Waals surface area (Å²) in [7, 11) is 3.97. The first-order chi connectivity index (χ1) is 9.76. The lowest BCUT2D eigenvalue weighted by Crippen LogP contribution is -2.37. The number of piperidine rings is 1. The van der Waals surface area contributed by atoms with Gasteiger partial charge in [-0.1, -0.05) is 0 Å². The highest BCUT2D eigenvalue weighted by atomic mass is 16.5. The number of rotatable bonds is 3. The van der Waals surface area contributed by atoms with E-state index in [9.17, 15) is 0 Å². The van der Waals surface area contributed by atoms with E-state index in [-0.39, 0.29) is 0 Å². The van der Waals surface area contributed by atoms with E-state index >= 15 is 0 Å². The molecule has 5 nitrogen and oxygen atoms in total. The Hall–Kier alpha value is -1.04. The standard InChI is InChI=1S/C15H24N4O/c1-18-6-5-13-14(9-18)16-11-17-15(13)10-19-7-3-12(20-2)4-8-19/h11-12H,3-10H2,1-2H3. The molecule has 0 saturated carbocycles. The summed E-state index contributed by atoms with van der Waals surface area (Å²) in [5.74, 6) is 0. The summed E-state index contributed by atoms with van der Waals surface area (Å²) in [6.45, 7) is 5.25. The van der Waals surface area contributed by atoms with Gasteiger partial charge < -0.3 is 9.64 Å². The molecule has 0 N–H and O–H groups in total. The summed E-state index contributed by atoms with van der Waals surface area (Å²) in [5, 5.41) is 0. The van der Waals surface area contributed by atoms with Gasteiger partial charge in [0.1, 0.15) is 6.33 Å². The van der Waals surface area contributed by atoms with Gasteiger partial charge in [0.05, 0.1) is 17.5 Å². The van der Waals surface area contributed by atoms with Crippen molar-refractivity contribution in [1.29, 1.82) is 0 Å². The number of aromatic nitrogens is 2. The van der Waals surface area contributed by atoms with Crippen LogP contribution in [0.15, 0.2) is 6.33 Å². The van der Waals surface area contributed by atoms with Gasteiger partial charge in [0.2, 0.25) is 0 Å². The molecule has 2 aliphatic rings. The topological polar surface area (TPSA) is 41.5 Å². The van der Waals surface area contributed by atoms with Gasteiger partial charge >= 0.3 is 0 Å². The minimum atomic E-state index is 0.444. The van der Waals surface area contributed by atoms with Crippen LogP contribution in [0.25, 0.3) is 0 Å². The second-order valence-corrected chi connectivity index (χ2v) is 5.94. The van der Waals surface area contributed by atoms with Crippen molar-refractivity contribution in [3.05, 3.63) is 23.3 Å². The molecule has 20 heavy (non-hydrogen) atoms. The van der Waals surface area contributed by atoms with Gasteiger partial charge in [0, 0.05) is 39.8 Å². The van der Waals surface area contributed by atoms with Crippen LogP contribution in [0.5, 0.6) is 0 Å². The molecular weight excluding hydrogens is 252 g/mol. The van der Waals surface area contributed by atoms with E-state index in [2.05, 4.69) is 26.8 Å². The fourth-order valence-electron chi connectivity index (χ4n) is 3.20. The maximum atomic E-state index is 5.43. The molecule has 1 saturated heterocycles. The first-order valence-corrected chi connectivity index (χ1v) is 7.51. The van der Waals surface area contributed by atoms with E-state index in [1.807, 2.05) is 7.11 Å². The van der Waals surface area contributed by atoms with E-state index in [1.54, 1.807) is 6.33 Å². The summed E-state index contributed by atoms with van der Waals surface area (Å²) in [4.78, 5) is 13.8. The van der Waals surface area contributed by atoms with Crippen LogP contribution in [-0.4, -0.2) is 59.7 Å². The molecule has 2 aliphatic heterocycles. The quantitative estimate of drug-likeness (QED) is 0.826. The number of nitrogens with zero attached hydrogens (tertiary/aromatic N) is 4. The molecule has 3 rings (SSSR count). The SMILES string of the molecule is COC1CCN(Cc2ncnc3c2CCN(C)C3)CC1. The van der Waals surface area contributed by atoms with Crippen LogP contribution in [0.4, 0.5) is 0 Å². The van der Waals surface area contributed by atoms with Crippen LogP contribution < -0.4 is 0 Å². The van der Waals surface area contributed by atoms with Crippen LogP contribution in [0.1, 0.15) is 29.8 Å². The van der Waals surface area contributed by atoms with Crippen molar-refractivity contribution in [2.75, 3.05) is 33.8 Å². The fourth-order valence-corrected chi connectivity index (χ4v) is 3.20. The van der Waals surface area contributed by atoms with Crippen molar-refractivity contribution in [2.24, 2.45) is 0 Å². The zero-order chi connectivity index (χ0) is 13.9. The second kappa shape index (κ2) is 6.16. The monoisotopic (exact) mass is 276 g/mol. The number of hydrogen-bond donors (Lipinski definition) is 0. The Bertz CT molecular complexity index is 457. The van der Waals surface area contributed by atoms with Gasteiger partial charge in [-0.25, -0.2) is 9.97 Å². The van der Waals surface area contributed by atoms with E-state index in [4.69, 9.17) is 4.74 Å². The Morgan fingerprint density at radius 1 is 1.25 bits per heavy atom. The highest BCUT2D eigenvalue weighted by Crippen LogP contribution is 2.21. The van der Waals surface area contributed by atoms with Crippen LogP contribution in [0.3, 0.4) is 0 Å². The van der Waals surface area contributed by atoms with E-state index in [1.165, 1.54) is 17.0 Å². The summed E-state index contributed by atoms with van der Waals surface area (Å²) >= 11 is 0. The third-order valence-corrected chi connectivity index (χ3v) is 4.53. The number of likely N-dealkylation sites (N-methyl/N-ethyl adjacent to an activating group) is 1. The molecule has 1 fully saturated rings. The van der Waals surface area contributed by atoms with E-state index < -0.39 is 0 Å². The number of hydrogen-bond acceptors (Lipinski definition) is 5. The average molecular weight is 276 g/mol. The minimum absolute atomic E-state index is 0.444. The Balaban J connectivity index is 1.68. The molecule has 110 valence electrons. The molecule has 3 heterocycles. The maximum absolute atomic E-state index is 5.43. The van der Waals surface area contributed by atoms with Gasteiger partial charge in [0.25, 0.3) is 0 Å². The van der Waals surface area contributed by atoms with Crippen molar-refractivity contribution >= 4 is 0 Å². The van der Waals surface area contributed by atoms with Crippen LogP contribution in [0, 0.1) is 0 Å². The number of ether oxygens (including phenoxy) is 1. The molecule has 0 radical (unpaired) electrons. The number of methoxy groups -OCH3 is 1. The van der Waals surface area contributed by atoms with Gasteiger partial charge in [-0.2, -0.15) is 0 Å². The first-order valence-electron chi connectivity index (χ1n) is 7.51. The molecule has 0 amide bonds.